The second-order valence-corrected chi connectivity index (χ2v) is 12.6. The number of nitrogens with zero attached hydrogens (tertiary/aromatic N) is 5. The number of hydrogen-bond donors (Lipinski definition) is 2. The van der Waals surface area contributed by atoms with Crippen LogP contribution in [0.5, 0.6) is 0 Å². The molecule has 0 atom stereocenters. The zero-order chi connectivity index (χ0) is 33.0. The Morgan fingerprint density at radius 1 is 0.812 bits per heavy atom. The summed E-state index contributed by atoms with van der Waals surface area (Å²) < 4.78 is 11.1. The number of ether oxygens (including phenoxy) is 2. The number of benzene rings is 2. The van der Waals surface area contributed by atoms with Crippen LogP contribution in [0.1, 0.15) is 67.2 Å². The van der Waals surface area contributed by atoms with Crippen LogP contribution in [0, 0.1) is 11.8 Å². The van der Waals surface area contributed by atoms with Gasteiger partial charge in [-0.25, -0.2) is 9.97 Å². The molecule has 0 unspecified atom stereocenters. The van der Waals surface area contributed by atoms with Crippen LogP contribution in [-0.2, 0) is 16.0 Å². The molecule has 3 fully saturated rings. The smallest absolute Gasteiger partial charge is 0.229 e. The molecule has 9 heteroatoms. The Balaban J connectivity index is 0.000000604. The third-order valence-electron chi connectivity index (χ3n) is 8.95. The van der Waals surface area contributed by atoms with E-state index < -0.39 is 0 Å². The predicted octanol–water partition coefficient (Wildman–Crippen LogP) is 6.86. The third kappa shape index (κ3) is 9.61. The summed E-state index contributed by atoms with van der Waals surface area (Å²) in [5, 5.41) is 6.52. The minimum atomic E-state index is -0.337. The van der Waals surface area contributed by atoms with E-state index in [1.54, 1.807) is 6.20 Å². The van der Waals surface area contributed by atoms with Gasteiger partial charge in [-0.1, -0.05) is 68.7 Å². The minimum absolute atomic E-state index is 0.337. The van der Waals surface area contributed by atoms with Crippen molar-refractivity contribution < 1.29 is 9.47 Å². The van der Waals surface area contributed by atoms with Crippen molar-refractivity contribution in [2.75, 3.05) is 64.1 Å². The molecule has 0 amide bonds. The Hall–Kier alpha value is -4.33. The largest absolute Gasteiger partial charge is 0.372 e. The SMILES string of the molecule is C1CCCCC1.CNc1nc(Nc2ccc(C#Cc3cc(C4OCCO4)ccn3)cc2)ncc1-c1ccc(CN2CCN(C)CC2)cc1. The summed E-state index contributed by atoms with van der Waals surface area (Å²) in [5.41, 5.74) is 6.72. The lowest BCUT2D eigenvalue weighted by Crippen LogP contribution is -2.43. The molecule has 4 aromatic rings. The van der Waals surface area contributed by atoms with E-state index in [2.05, 4.69) is 73.6 Å². The Labute approximate surface area is 285 Å². The highest BCUT2D eigenvalue weighted by molar-refractivity contribution is 5.75. The number of piperazine rings is 1. The highest BCUT2D eigenvalue weighted by atomic mass is 16.7. The van der Waals surface area contributed by atoms with Crippen LogP contribution in [-0.4, -0.2) is 78.2 Å². The van der Waals surface area contributed by atoms with Crippen LogP contribution in [0.4, 0.5) is 17.5 Å². The first-order chi connectivity index (χ1) is 23.6. The molecule has 9 nitrogen and oxygen atoms in total. The van der Waals surface area contributed by atoms with Gasteiger partial charge in [0, 0.05) is 74.5 Å². The molecular formula is C39H47N7O2. The van der Waals surface area contributed by atoms with Gasteiger partial charge in [0.1, 0.15) is 11.5 Å². The number of nitrogens with one attached hydrogen (secondary N) is 2. The summed E-state index contributed by atoms with van der Waals surface area (Å²) in [5.74, 6) is 7.59. The first-order valence-electron chi connectivity index (χ1n) is 17.3. The monoisotopic (exact) mass is 645 g/mol. The lowest BCUT2D eigenvalue weighted by molar-refractivity contribution is -0.0441. The van der Waals surface area contributed by atoms with Gasteiger partial charge in [0.2, 0.25) is 5.95 Å². The summed E-state index contributed by atoms with van der Waals surface area (Å²) in [6, 6.07) is 20.3. The summed E-state index contributed by atoms with van der Waals surface area (Å²) in [6.45, 7) is 6.65. The maximum atomic E-state index is 5.57. The fraction of sp³-hybridized carbons (Fsp3) is 0.410. The van der Waals surface area contributed by atoms with Crippen molar-refractivity contribution in [1.29, 1.82) is 0 Å². The molecule has 2 aliphatic heterocycles. The highest BCUT2D eigenvalue weighted by Gasteiger charge is 2.18. The molecule has 0 radical (unpaired) electrons. The molecule has 2 saturated heterocycles. The molecule has 0 spiro atoms. The second-order valence-electron chi connectivity index (χ2n) is 12.6. The molecule has 0 bridgehead atoms. The first-order valence-corrected chi connectivity index (χ1v) is 17.3. The summed E-state index contributed by atoms with van der Waals surface area (Å²) in [7, 11) is 4.06. The topological polar surface area (TPSA) is 87.7 Å². The minimum Gasteiger partial charge on any atom is -0.372 e. The van der Waals surface area contributed by atoms with Gasteiger partial charge in [-0.15, -0.1) is 0 Å². The molecule has 48 heavy (non-hydrogen) atoms. The van der Waals surface area contributed by atoms with Gasteiger partial charge in [-0.05, 0) is 60.5 Å². The van der Waals surface area contributed by atoms with Crippen molar-refractivity contribution >= 4 is 17.5 Å². The van der Waals surface area contributed by atoms with Gasteiger partial charge >= 0.3 is 0 Å². The number of rotatable bonds is 7. The fourth-order valence-electron chi connectivity index (χ4n) is 6.07. The van der Waals surface area contributed by atoms with E-state index in [1.165, 1.54) is 44.1 Å². The summed E-state index contributed by atoms with van der Waals surface area (Å²) >= 11 is 0. The number of hydrogen-bond acceptors (Lipinski definition) is 9. The molecule has 2 aromatic carbocycles. The number of anilines is 3. The van der Waals surface area contributed by atoms with Crippen LogP contribution in [0.2, 0.25) is 0 Å². The van der Waals surface area contributed by atoms with Crippen molar-refractivity contribution in [3.05, 3.63) is 95.4 Å². The second kappa shape index (κ2) is 17.2. The van der Waals surface area contributed by atoms with Gasteiger partial charge < -0.3 is 25.0 Å². The Morgan fingerprint density at radius 2 is 1.50 bits per heavy atom. The van der Waals surface area contributed by atoms with Gasteiger partial charge in [-0.3, -0.25) is 4.90 Å². The van der Waals surface area contributed by atoms with Crippen molar-refractivity contribution in [3.8, 4) is 23.0 Å². The first kappa shape index (κ1) is 33.6. The molecular weight excluding hydrogens is 598 g/mol. The van der Waals surface area contributed by atoms with Crippen molar-refractivity contribution in [3.63, 3.8) is 0 Å². The molecule has 2 N–H and O–H groups in total. The quantitative estimate of drug-likeness (QED) is 0.209. The van der Waals surface area contributed by atoms with Crippen LogP contribution < -0.4 is 10.6 Å². The maximum Gasteiger partial charge on any atom is 0.229 e. The van der Waals surface area contributed by atoms with E-state index in [9.17, 15) is 0 Å². The number of aromatic nitrogens is 3. The molecule has 3 aliphatic rings. The van der Waals surface area contributed by atoms with E-state index in [4.69, 9.17) is 14.5 Å². The van der Waals surface area contributed by atoms with E-state index in [-0.39, 0.29) is 6.29 Å². The zero-order valence-electron chi connectivity index (χ0n) is 28.3. The molecule has 1 saturated carbocycles. The predicted molar refractivity (Wildman–Crippen MR) is 192 cm³/mol. The van der Waals surface area contributed by atoms with Gasteiger partial charge in [0.15, 0.2) is 6.29 Å². The molecule has 250 valence electrons. The maximum absolute atomic E-state index is 5.57. The number of likely N-dealkylation sites (N-methyl/N-ethyl adjacent to an activating group) is 1. The summed E-state index contributed by atoms with van der Waals surface area (Å²) in [4.78, 5) is 18.6. The Kier molecular flexibility index (Phi) is 12.0. The van der Waals surface area contributed by atoms with Crippen LogP contribution in [0.25, 0.3) is 11.1 Å². The third-order valence-corrected chi connectivity index (χ3v) is 8.95. The van der Waals surface area contributed by atoms with E-state index in [0.29, 0.717) is 24.9 Å². The molecule has 4 heterocycles. The number of pyridine rings is 1. The van der Waals surface area contributed by atoms with Gasteiger partial charge in [0.05, 0.1) is 13.2 Å². The lowest BCUT2D eigenvalue weighted by atomic mass is 10.0. The average molecular weight is 646 g/mol. The average Bonchev–Trinajstić information content (AvgIpc) is 3.69. The van der Waals surface area contributed by atoms with Gasteiger partial charge in [-0.2, -0.15) is 4.98 Å². The van der Waals surface area contributed by atoms with Crippen LogP contribution in [0.15, 0.2) is 73.1 Å². The molecule has 1 aliphatic carbocycles. The zero-order valence-corrected chi connectivity index (χ0v) is 28.3. The van der Waals surface area contributed by atoms with Crippen molar-refractivity contribution in [1.82, 2.24) is 24.8 Å². The van der Waals surface area contributed by atoms with Gasteiger partial charge in [0.25, 0.3) is 0 Å². The lowest BCUT2D eigenvalue weighted by Gasteiger charge is -2.32. The summed E-state index contributed by atoms with van der Waals surface area (Å²) in [6.07, 6.45) is 12.3. The van der Waals surface area contributed by atoms with E-state index >= 15 is 0 Å². The Bertz CT molecular complexity index is 1640. The normalized spacial score (nSPS) is 17.1. The van der Waals surface area contributed by atoms with E-state index in [0.717, 1.165) is 66.5 Å². The highest BCUT2D eigenvalue weighted by Crippen LogP contribution is 2.28. The Morgan fingerprint density at radius 3 is 2.17 bits per heavy atom. The standard InChI is InChI=1S/C33H35N7O2.C6H12/c1-34-31-30(26-8-3-25(4-9-26)23-40-17-15-39(2)16-18-40)22-36-33(38-31)37-28-10-5-24(6-11-28)7-12-29-21-27(13-14-35-29)32-41-19-20-42-32;1-2-4-6-5-3-1/h3-6,8-11,13-14,21-22,32H,15-20,23H2,1-2H3,(H2,34,36,37,38);1-6H2. The van der Waals surface area contributed by atoms with E-state index in [1.807, 2.05) is 49.6 Å². The van der Waals surface area contributed by atoms with Crippen molar-refractivity contribution in [2.45, 2.75) is 51.4 Å². The van der Waals surface area contributed by atoms with Crippen LogP contribution >= 0.6 is 0 Å². The van der Waals surface area contributed by atoms with Crippen LogP contribution in [0.3, 0.4) is 0 Å². The molecule has 2 aromatic heterocycles. The molecule has 7 rings (SSSR count). The van der Waals surface area contributed by atoms with Crippen molar-refractivity contribution in [2.24, 2.45) is 0 Å². The fourth-order valence-corrected chi connectivity index (χ4v) is 6.07.